The summed E-state index contributed by atoms with van der Waals surface area (Å²) in [5.74, 6) is 0.739. The number of aliphatic hydroxyl groups excluding tert-OH is 1. The van der Waals surface area contributed by atoms with Crippen LogP contribution in [0.3, 0.4) is 0 Å². The van der Waals surface area contributed by atoms with Gasteiger partial charge in [-0.05, 0) is 32.1 Å². The minimum atomic E-state index is -0.214. The second-order valence-electron chi connectivity index (χ2n) is 4.05. The van der Waals surface area contributed by atoms with E-state index in [-0.39, 0.29) is 6.10 Å². The number of hydrogen-bond acceptors (Lipinski definition) is 3. The van der Waals surface area contributed by atoms with Crippen molar-refractivity contribution in [2.45, 2.75) is 44.1 Å². The maximum absolute atomic E-state index is 9.75. The van der Waals surface area contributed by atoms with Crippen LogP contribution in [-0.2, 0) is 6.42 Å². The van der Waals surface area contributed by atoms with Crippen LogP contribution in [0.25, 0.3) is 0 Å². The number of fused-ring (bicyclic) bond motifs is 1. The van der Waals surface area contributed by atoms with Gasteiger partial charge in [0.25, 0.3) is 0 Å². The maximum Gasteiger partial charge on any atom is 0.0963 e. The van der Waals surface area contributed by atoms with Crippen molar-refractivity contribution in [1.82, 2.24) is 4.98 Å². The van der Waals surface area contributed by atoms with Gasteiger partial charge in [-0.2, -0.15) is 0 Å². The molecule has 1 heterocycles. The largest absolute Gasteiger partial charge is 0.388 e. The number of thiazole rings is 1. The van der Waals surface area contributed by atoms with Crippen molar-refractivity contribution in [2.24, 2.45) is 0 Å². The zero-order chi connectivity index (χ0) is 8.84. The number of hydrogen-bond donors (Lipinski definition) is 1. The summed E-state index contributed by atoms with van der Waals surface area (Å²) in [7, 11) is 0. The summed E-state index contributed by atoms with van der Waals surface area (Å²) < 4.78 is 0. The molecule has 1 fully saturated rings. The van der Waals surface area contributed by atoms with E-state index in [1.165, 1.54) is 23.5 Å². The van der Waals surface area contributed by atoms with Crippen LogP contribution < -0.4 is 0 Å². The fourth-order valence-corrected chi connectivity index (χ4v) is 3.22. The molecule has 1 atom stereocenters. The van der Waals surface area contributed by atoms with Gasteiger partial charge in [0.2, 0.25) is 0 Å². The Balaban J connectivity index is 1.99. The second-order valence-corrected chi connectivity index (χ2v) is 5.11. The zero-order valence-electron chi connectivity index (χ0n) is 7.49. The Labute approximate surface area is 81.6 Å². The highest BCUT2D eigenvalue weighted by Gasteiger charge is 2.30. The Morgan fingerprint density at radius 3 is 2.85 bits per heavy atom. The lowest BCUT2D eigenvalue weighted by atomic mass is 10.0. The smallest absolute Gasteiger partial charge is 0.0963 e. The third-order valence-electron chi connectivity index (χ3n) is 2.86. The molecular weight excluding hydrogens is 182 g/mol. The molecule has 70 valence electrons. The summed E-state index contributed by atoms with van der Waals surface area (Å²) in [5.41, 5.74) is 1.19. The first-order valence-corrected chi connectivity index (χ1v) is 5.84. The predicted molar refractivity (Wildman–Crippen MR) is 52.0 cm³/mol. The number of aromatic nitrogens is 1. The van der Waals surface area contributed by atoms with Gasteiger partial charge in [-0.3, -0.25) is 0 Å². The lowest BCUT2D eigenvalue weighted by molar-refractivity contribution is 0.160. The molecule has 1 unspecified atom stereocenters. The minimum absolute atomic E-state index is 0.214. The average Bonchev–Trinajstić information content (AvgIpc) is 2.87. The molecule has 0 amide bonds. The van der Waals surface area contributed by atoms with Crippen LogP contribution in [-0.4, -0.2) is 10.1 Å². The summed E-state index contributed by atoms with van der Waals surface area (Å²) in [5, 5.41) is 11.0. The monoisotopic (exact) mass is 195 g/mol. The fraction of sp³-hybridized carbons (Fsp3) is 0.700. The van der Waals surface area contributed by atoms with Gasteiger partial charge < -0.3 is 5.11 Å². The highest BCUT2D eigenvalue weighted by atomic mass is 32.1. The van der Waals surface area contributed by atoms with E-state index in [0.29, 0.717) is 0 Å². The predicted octanol–water partition coefficient (Wildman–Crippen LogP) is 2.39. The van der Waals surface area contributed by atoms with Crippen LogP contribution in [0.1, 0.15) is 53.3 Å². The van der Waals surface area contributed by atoms with Crippen molar-refractivity contribution in [1.29, 1.82) is 0 Å². The standard InChI is InChI=1S/C10H13NOS/c12-8-3-1-2-7-9(8)13-10(11-7)6-4-5-6/h6,8,12H,1-5H2. The zero-order valence-corrected chi connectivity index (χ0v) is 8.31. The molecule has 3 rings (SSSR count). The Morgan fingerprint density at radius 2 is 2.15 bits per heavy atom. The Bertz CT molecular complexity index is 330. The van der Waals surface area contributed by atoms with Crippen LogP contribution >= 0.6 is 11.3 Å². The summed E-state index contributed by atoms with van der Waals surface area (Å²) in [6, 6.07) is 0. The molecule has 2 aliphatic carbocycles. The summed E-state index contributed by atoms with van der Waals surface area (Å²) >= 11 is 1.75. The van der Waals surface area contributed by atoms with Gasteiger partial charge in [0, 0.05) is 5.92 Å². The van der Waals surface area contributed by atoms with Crippen molar-refractivity contribution in [3.05, 3.63) is 15.6 Å². The lowest BCUT2D eigenvalue weighted by Gasteiger charge is -2.14. The molecule has 2 nitrogen and oxygen atoms in total. The highest BCUT2D eigenvalue weighted by molar-refractivity contribution is 7.12. The summed E-state index contributed by atoms with van der Waals surface area (Å²) in [6.45, 7) is 0. The molecule has 0 radical (unpaired) electrons. The van der Waals surface area contributed by atoms with Gasteiger partial charge in [0.1, 0.15) is 0 Å². The third kappa shape index (κ3) is 1.30. The van der Waals surface area contributed by atoms with Gasteiger partial charge in [0.05, 0.1) is 21.7 Å². The maximum atomic E-state index is 9.75. The topological polar surface area (TPSA) is 33.1 Å². The van der Waals surface area contributed by atoms with Gasteiger partial charge in [-0.15, -0.1) is 11.3 Å². The molecule has 0 aliphatic heterocycles. The normalized spacial score (nSPS) is 27.3. The van der Waals surface area contributed by atoms with Crippen LogP contribution in [0.2, 0.25) is 0 Å². The van der Waals surface area contributed by atoms with E-state index in [0.717, 1.165) is 30.1 Å². The molecule has 1 N–H and O–H groups in total. The third-order valence-corrected chi connectivity index (χ3v) is 4.23. The number of rotatable bonds is 1. The molecule has 0 spiro atoms. The molecule has 1 saturated carbocycles. The van der Waals surface area contributed by atoms with Gasteiger partial charge >= 0.3 is 0 Å². The molecule has 3 heteroatoms. The molecule has 2 aliphatic rings. The summed E-state index contributed by atoms with van der Waals surface area (Å²) in [6.07, 6.45) is 5.51. The fourth-order valence-electron chi connectivity index (χ4n) is 1.92. The van der Waals surface area contributed by atoms with E-state index in [4.69, 9.17) is 0 Å². The second kappa shape index (κ2) is 2.79. The highest BCUT2D eigenvalue weighted by Crippen LogP contribution is 2.45. The molecule has 0 aromatic carbocycles. The molecule has 1 aromatic rings. The van der Waals surface area contributed by atoms with Crippen molar-refractivity contribution in [2.75, 3.05) is 0 Å². The molecule has 0 bridgehead atoms. The van der Waals surface area contributed by atoms with E-state index < -0.39 is 0 Å². The quantitative estimate of drug-likeness (QED) is 0.746. The van der Waals surface area contributed by atoms with E-state index in [1.807, 2.05) is 0 Å². The van der Waals surface area contributed by atoms with Crippen molar-refractivity contribution in [3.8, 4) is 0 Å². The van der Waals surface area contributed by atoms with E-state index in [9.17, 15) is 5.11 Å². The first-order chi connectivity index (χ1) is 6.34. The Morgan fingerprint density at radius 1 is 1.31 bits per heavy atom. The van der Waals surface area contributed by atoms with Gasteiger partial charge in [-0.1, -0.05) is 0 Å². The molecular formula is C10H13NOS. The first kappa shape index (κ1) is 7.94. The number of aliphatic hydroxyl groups is 1. The van der Waals surface area contributed by atoms with E-state index in [1.54, 1.807) is 11.3 Å². The minimum Gasteiger partial charge on any atom is -0.388 e. The van der Waals surface area contributed by atoms with E-state index >= 15 is 0 Å². The first-order valence-electron chi connectivity index (χ1n) is 5.02. The SMILES string of the molecule is OC1CCCc2nc(C3CC3)sc21. The van der Waals surface area contributed by atoms with E-state index in [2.05, 4.69) is 4.98 Å². The van der Waals surface area contributed by atoms with Crippen LogP contribution in [0.15, 0.2) is 0 Å². The number of nitrogens with zero attached hydrogens (tertiary/aromatic N) is 1. The van der Waals surface area contributed by atoms with Crippen LogP contribution in [0.4, 0.5) is 0 Å². The van der Waals surface area contributed by atoms with Crippen LogP contribution in [0, 0.1) is 0 Å². The van der Waals surface area contributed by atoms with Crippen LogP contribution in [0.5, 0.6) is 0 Å². The Kier molecular flexibility index (Phi) is 1.70. The lowest BCUT2D eigenvalue weighted by Crippen LogP contribution is -2.06. The summed E-state index contributed by atoms with van der Waals surface area (Å²) in [4.78, 5) is 5.78. The van der Waals surface area contributed by atoms with Gasteiger partial charge in [0.15, 0.2) is 0 Å². The van der Waals surface area contributed by atoms with Crippen molar-refractivity contribution < 1.29 is 5.11 Å². The van der Waals surface area contributed by atoms with Gasteiger partial charge in [-0.25, -0.2) is 4.98 Å². The average molecular weight is 195 g/mol. The Hall–Kier alpha value is -0.410. The molecule has 0 saturated heterocycles. The van der Waals surface area contributed by atoms with Crippen molar-refractivity contribution >= 4 is 11.3 Å². The molecule has 1 aromatic heterocycles. The van der Waals surface area contributed by atoms with Crippen molar-refractivity contribution in [3.63, 3.8) is 0 Å². The number of aryl methyl sites for hydroxylation is 1. The molecule has 13 heavy (non-hydrogen) atoms.